The van der Waals surface area contributed by atoms with Gasteiger partial charge in [-0.15, -0.1) is 0 Å². The van der Waals surface area contributed by atoms with Crippen molar-refractivity contribution in [1.82, 2.24) is 15.0 Å². The quantitative estimate of drug-likeness (QED) is 0.873. The van der Waals surface area contributed by atoms with Crippen molar-refractivity contribution in [3.05, 3.63) is 23.7 Å². The Morgan fingerprint density at radius 1 is 1.35 bits per heavy atom. The van der Waals surface area contributed by atoms with Crippen molar-refractivity contribution >= 4 is 17.1 Å². The third kappa shape index (κ3) is 1.97. The van der Waals surface area contributed by atoms with E-state index in [1.54, 1.807) is 0 Å². The number of imidazole rings is 1. The molecule has 0 saturated heterocycles. The van der Waals surface area contributed by atoms with Crippen molar-refractivity contribution in [3.8, 4) is 0 Å². The summed E-state index contributed by atoms with van der Waals surface area (Å²) in [5, 5.41) is 0. The van der Waals surface area contributed by atoms with Crippen molar-refractivity contribution in [1.29, 1.82) is 0 Å². The Bertz CT molecular complexity index is 642. The van der Waals surface area contributed by atoms with E-state index >= 15 is 0 Å². The second-order valence-corrected chi connectivity index (χ2v) is 5.42. The SMILES string of the molecule is CCOC(=O)C1(c2nc3nc(C)ccc3[nH]2)CCCC1. The van der Waals surface area contributed by atoms with E-state index in [1.807, 2.05) is 26.0 Å². The van der Waals surface area contributed by atoms with Crippen LogP contribution in [0.3, 0.4) is 0 Å². The Balaban J connectivity index is 2.07. The zero-order valence-corrected chi connectivity index (χ0v) is 11.9. The lowest BCUT2D eigenvalue weighted by atomic mass is 9.85. The summed E-state index contributed by atoms with van der Waals surface area (Å²) in [6.07, 6.45) is 3.65. The van der Waals surface area contributed by atoms with E-state index in [4.69, 9.17) is 4.74 Å². The lowest BCUT2D eigenvalue weighted by Gasteiger charge is -2.23. The van der Waals surface area contributed by atoms with Gasteiger partial charge in [-0.2, -0.15) is 0 Å². The van der Waals surface area contributed by atoms with Crippen molar-refractivity contribution < 1.29 is 9.53 Å². The Hall–Kier alpha value is -1.91. The van der Waals surface area contributed by atoms with Gasteiger partial charge in [-0.3, -0.25) is 4.79 Å². The minimum Gasteiger partial charge on any atom is -0.465 e. The summed E-state index contributed by atoms with van der Waals surface area (Å²) < 4.78 is 5.28. The number of hydrogen-bond donors (Lipinski definition) is 1. The van der Waals surface area contributed by atoms with Gasteiger partial charge in [0.1, 0.15) is 11.2 Å². The van der Waals surface area contributed by atoms with Crippen LogP contribution in [0.1, 0.15) is 44.1 Å². The normalized spacial score (nSPS) is 17.5. The van der Waals surface area contributed by atoms with Crippen molar-refractivity contribution in [3.63, 3.8) is 0 Å². The van der Waals surface area contributed by atoms with Crippen molar-refractivity contribution in [2.24, 2.45) is 0 Å². The number of carbonyl (C=O) groups excluding carboxylic acids is 1. The molecule has 5 heteroatoms. The van der Waals surface area contributed by atoms with Crippen LogP contribution >= 0.6 is 0 Å². The highest BCUT2D eigenvalue weighted by Gasteiger charge is 2.46. The van der Waals surface area contributed by atoms with Gasteiger partial charge in [0, 0.05) is 5.69 Å². The van der Waals surface area contributed by atoms with Gasteiger partial charge in [0.15, 0.2) is 5.65 Å². The maximum Gasteiger partial charge on any atom is 0.319 e. The molecule has 1 aliphatic rings. The molecule has 0 aromatic carbocycles. The van der Waals surface area contributed by atoms with Crippen LogP contribution in [0.4, 0.5) is 0 Å². The third-order valence-corrected chi connectivity index (χ3v) is 4.06. The molecule has 0 aliphatic heterocycles. The van der Waals surface area contributed by atoms with E-state index in [0.29, 0.717) is 18.1 Å². The van der Waals surface area contributed by atoms with Crippen LogP contribution < -0.4 is 0 Å². The fourth-order valence-corrected chi connectivity index (χ4v) is 3.00. The van der Waals surface area contributed by atoms with Gasteiger partial charge >= 0.3 is 5.97 Å². The molecular formula is C15H19N3O2. The lowest BCUT2D eigenvalue weighted by Crippen LogP contribution is -2.35. The van der Waals surface area contributed by atoms with E-state index in [1.165, 1.54) is 0 Å². The van der Waals surface area contributed by atoms with Crippen LogP contribution in [-0.4, -0.2) is 27.5 Å². The van der Waals surface area contributed by atoms with Crippen LogP contribution in [0.25, 0.3) is 11.2 Å². The summed E-state index contributed by atoms with van der Waals surface area (Å²) >= 11 is 0. The molecule has 106 valence electrons. The first-order chi connectivity index (χ1) is 9.65. The Morgan fingerprint density at radius 2 is 2.10 bits per heavy atom. The molecule has 0 radical (unpaired) electrons. The number of nitrogens with zero attached hydrogens (tertiary/aromatic N) is 2. The van der Waals surface area contributed by atoms with Gasteiger partial charge in [-0.1, -0.05) is 12.8 Å². The van der Waals surface area contributed by atoms with Crippen LogP contribution in [-0.2, 0) is 14.9 Å². The molecule has 1 aliphatic carbocycles. The topological polar surface area (TPSA) is 67.9 Å². The van der Waals surface area contributed by atoms with Crippen molar-refractivity contribution in [2.75, 3.05) is 6.61 Å². The van der Waals surface area contributed by atoms with E-state index < -0.39 is 5.41 Å². The Kier molecular flexibility index (Phi) is 3.20. The molecule has 0 atom stereocenters. The predicted octanol–water partition coefficient (Wildman–Crippen LogP) is 2.64. The molecule has 1 N–H and O–H groups in total. The number of rotatable bonds is 3. The number of nitrogens with one attached hydrogen (secondary N) is 1. The second-order valence-electron chi connectivity index (χ2n) is 5.42. The predicted molar refractivity (Wildman–Crippen MR) is 75.4 cm³/mol. The number of ether oxygens (including phenoxy) is 1. The van der Waals surface area contributed by atoms with E-state index in [-0.39, 0.29) is 5.97 Å². The van der Waals surface area contributed by atoms with Crippen LogP contribution in [0.15, 0.2) is 12.1 Å². The number of fused-ring (bicyclic) bond motifs is 1. The molecule has 3 rings (SSSR count). The molecular weight excluding hydrogens is 254 g/mol. The van der Waals surface area contributed by atoms with Crippen molar-refractivity contribution in [2.45, 2.75) is 44.9 Å². The number of carbonyl (C=O) groups is 1. The standard InChI is InChI=1S/C15H19N3O2/c1-3-20-14(19)15(8-4-5-9-15)13-17-11-7-6-10(2)16-12(11)18-13/h6-7H,3-5,8-9H2,1-2H3,(H,16,17,18). The number of aryl methyl sites for hydroxylation is 1. The second kappa shape index (κ2) is 4.89. The van der Waals surface area contributed by atoms with E-state index in [9.17, 15) is 4.79 Å². The minimum absolute atomic E-state index is 0.159. The molecule has 20 heavy (non-hydrogen) atoms. The molecule has 1 fully saturated rings. The molecule has 0 spiro atoms. The summed E-state index contributed by atoms with van der Waals surface area (Å²) in [6, 6.07) is 3.90. The highest BCUT2D eigenvalue weighted by molar-refractivity contribution is 5.84. The number of pyridine rings is 1. The van der Waals surface area contributed by atoms with Gasteiger partial charge in [0.05, 0.1) is 12.1 Å². The molecule has 0 unspecified atom stereocenters. The maximum absolute atomic E-state index is 12.4. The molecule has 2 aromatic rings. The summed E-state index contributed by atoms with van der Waals surface area (Å²) in [7, 11) is 0. The average molecular weight is 273 g/mol. The zero-order chi connectivity index (χ0) is 14.2. The van der Waals surface area contributed by atoms with Gasteiger partial charge in [0.25, 0.3) is 0 Å². The maximum atomic E-state index is 12.4. The van der Waals surface area contributed by atoms with Crippen LogP contribution in [0, 0.1) is 6.92 Å². The Labute approximate surface area is 117 Å². The monoisotopic (exact) mass is 273 g/mol. The first-order valence-electron chi connectivity index (χ1n) is 7.17. The molecule has 5 nitrogen and oxygen atoms in total. The summed E-state index contributed by atoms with van der Waals surface area (Å²) in [5.74, 6) is 0.551. The largest absolute Gasteiger partial charge is 0.465 e. The average Bonchev–Trinajstić information content (AvgIpc) is 3.05. The van der Waals surface area contributed by atoms with Gasteiger partial charge in [-0.25, -0.2) is 9.97 Å². The summed E-state index contributed by atoms with van der Waals surface area (Å²) in [6.45, 7) is 4.17. The molecule has 0 bridgehead atoms. The molecule has 1 saturated carbocycles. The number of H-pyrrole nitrogens is 1. The summed E-state index contributed by atoms with van der Waals surface area (Å²) in [5.41, 5.74) is 1.87. The van der Waals surface area contributed by atoms with E-state index in [2.05, 4.69) is 15.0 Å². The van der Waals surface area contributed by atoms with Gasteiger partial charge in [0.2, 0.25) is 0 Å². The fraction of sp³-hybridized carbons (Fsp3) is 0.533. The summed E-state index contributed by atoms with van der Waals surface area (Å²) in [4.78, 5) is 24.7. The molecule has 0 amide bonds. The number of aromatic amines is 1. The minimum atomic E-state index is -0.607. The first-order valence-corrected chi connectivity index (χ1v) is 7.17. The van der Waals surface area contributed by atoms with Gasteiger partial charge < -0.3 is 9.72 Å². The third-order valence-electron chi connectivity index (χ3n) is 4.06. The number of hydrogen-bond acceptors (Lipinski definition) is 4. The number of esters is 1. The molecule has 2 aromatic heterocycles. The van der Waals surface area contributed by atoms with Crippen LogP contribution in [0.5, 0.6) is 0 Å². The van der Waals surface area contributed by atoms with Crippen LogP contribution in [0.2, 0.25) is 0 Å². The first kappa shape index (κ1) is 13.1. The number of aromatic nitrogens is 3. The fourth-order valence-electron chi connectivity index (χ4n) is 3.00. The molecule has 2 heterocycles. The zero-order valence-electron chi connectivity index (χ0n) is 11.9. The lowest BCUT2D eigenvalue weighted by molar-refractivity contribution is -0.150. The Morgan fingerprint density at radius 3 is 2.80 bits per heavy atom. The smallest absolute Gasteiger partial charge is 0.319 e. The highest BCUT2D eigenvalue weighted by Crippen LogP contribution is 2.41. The van der Waals surface area contributed by atoms with E-state index in [0.717, 1.165) is 36.9 Å². The van der Waals surface area contributed by atoms with Gasteiger partial charge in [-0.05, 0) is 38.8 Å². The highest BCUT2D eigenvalue weighted by atomic mass is 16.5.